The summed E-state index contributed by atoms with van der Waals surface area (Å²) in [5.41, 5.74) is 1.68. The number of alkyl halides is 3. The maximum atomic E-state index is 12.5. The molecule has 0 aliphatic carbocycles. The molecule has 2 aromatic rings. The van der Waals surface area contributed by atoms with Crippen LogP contribution >= 0.6 is 24.8 Å². The summed E-state index contributed by atoms with van der Waals surface area (Å²) in [6.07, 6.45) is -4.74. The monoisotopic (exact) mass is 496 g/mol. The molecular weight excluding hydrogens is 472 g/mol. The zero-order valence-electron chi connectivity index (χ0n) is 17.5. The number of rotatable bonds is 6. The third-order valence-electron chi connectivity index (χ3n) is 4.70. The van der Waals surface area contributed by atoms with Crippen molar-refractivity contribution in [3.63, 3.8) is 0 Å². The summed E-state index contributed by atoms with van der Waals surface area (Å²) in [7, 11) is 1.48. The summed E-state index contributed by atoms with van der Waals surface area (Å²) in [6, 6.07) is 10.9. The number of carbonyl (C=O) groups is 1. The van der Waals surface area contributed by atoms with E-state index in [-0.39, 0.29) is 36.6 Å². The second kappa shape index (κ2) is 12.2. The number of halogens is 5. The van der Waals surface area contributed by atoms with E-state index in [9.17, 15) is 18.0 Å². The lowest BCUT2D eigenvalue weighted by Crippen LogP contribution is -2.45. The molecule has 1 aliphatic rings. The van der Waals surface area contributed by atoms with Gasteiger partial charge in [-0.3, -0.25) is 9.69 Å². The Morgan fingerprint density at radius 3 is 2.12 bits per heavy atom. The Labute approximate surface area is 196 Å². The SMILES string of the molecule is COc1cc([C@H](c2ccc(OC(F)(F)F)cc2)N2CCNCC2)ccc1OC(C)=O.Cl.Cl. The number of ether oxygens (including phenoxy) is 3. The van der Waals surface area contributed by atoms with Crippen molar-refractivity contribution >= 4 is 30.8 Å². The smallest absolute Gasteiger partial charge is 0.493 e. The maximum absolute atomic E-state index is 12.5. The third-order valence-corrected chi connectivity index (χ3v) is 4.70. The molecule has 1 fully saturated rings. The van der Waals surface area contributed by atoms with Crippen molar-refractivity contribution in [3.05, 3.63) is 53.6 Å². The topological polar surface area (TPSA) is 60.0 Å². The molecule has 0 radical (unpaired) electrons. The lowest BCUT2D eigenvalue weighted by atomic mass is 9.96. The molecule has 32 heavy (non-hydrogen) atoms. The molecule has 0 spiro atoms. The van der Waals surface area contributed by atoms with Crippen LogP contribution in [0, 0.1) is 0 Å². The average molecular weight is 497 g/mol. The summed E-state index contributed by atoms with van der Waals surface area (Å²) in [4.78, 5) is 13.5. The van der Waals surface area contributed by atoms with Crippen molar-refractivity contribution in [3.8, 4) is 17.2 Å². The van der Waals surface area contributed by atoms with Gasteiger partial charge in [-0.15, -0.1) is 38.0 Å². The number of methoxy groups -OCH3 is 1. The van der Waals surface area contributed by atoms with Crippen LogP contribution in [0.4, 0.5) is 13.2 Å². The fraction of sp³-hybridized carbons (Fsp3) is 0.381. The van der Waals surface area contributed by atoms with Crippen molar-refractivity contribution in [1.29, 1.82) is 0 Å². The first-order chi connectivity index (χ1) is 14.3. The molecule has 0 saturated carbocycles. The van der Waals surface area contributed by atoms with Gasteiger partial charge in [-0.2, -0.15) is 0 Å². The van der Waals surface area contributed by atoms with Gasteiger partial charge in [0.05, 0.1) is 13.2 Å². The standard InChI is InChI=1S/C21H23F3N2O4.2ClH/c1-14(27)29-18-8-5-16(13-19(18)28-2)20(26-11-9-25-10-12-26)15-3-6-17(7-4-15)30-21(22,23)24;;/h3-8,13,20,25H,9-12H2,1-2H3;2*1H/t20-;;/m0../s1. The Hall–Kier alpha value is -2.20. The van der Waals surface area contributed by atoms with E-state index in [1.807, 2.05) is 6.07 Å². The number of nitrogens with one attached hydrogen (secondary N) is 1. The number of piperazine rings is 1. The van der Waals surface area contributed by atoms with Gasteiger partial charge in [-0.05, 0) is 35.4 Å². The van der Waals surface area contributed by atoms with Gasteiger partial charge in [0, 0.05) is 33.1 Å². The highest BCUT2D eigenvalue weighted by Crippen LogP contribution is 2.36. The van der Waals surface area contributed by atoms with Gasteiger partial charge in [0.1, 0.15) is 5.75 Å². The summed E-state index contributed by atoms with van der Waals surface area (Å²) in [6.45, 7) is 4.43. The Balaban J connectivity index is 0.00000256. The largest absolute Gasteiger partial charge is 0.573 e. The molecule has 0 amide bonds. The van der Waals surface area contributed by atoms with E-state index in [1.165, 1.54) is 26.2 Å². The van der Waals surface area contributed by atoms with E-state index in [1.54, 1.807) is 24.3 Å². The molecule has 178 valence electrons. The first-order valence-electron chi connectivity index (χ1n) is 9.43. The summed E-state index contributed by atoms with van der Waals surface area (Å²) in [5.74, 6) is -0.0188. The van der Waals surface area contributed by atoms with Crippen molar-refractivity contribution in [2.75, 3.05) is 33.3 Å². The predicted molar refractivity (Wildman–Crippen MR) is 118 cm³/mol. The highest BCUT2D eigenvalue weighted by molar-refractivity contribution is 5.85. The molecule has 2 aromatic carbocycles. The minimum absolute atomic E-state index is 0. The van der Waals surface area contributed by atoms with Crippen molar-refractivity contribution in [2.45, 2.75) is 19.3 Å². The van der Waals surface area contributed by atoms with Crippen LogP contribution in [-0.4, -0.2) is 50.5 Å². The molecule has 11 heteroatoms. The van der Waals surface area contributed by atoms with Gasteiger partial charge in [-0.1, -0.05) is 18.2 Å². The van der Waals surface area contributed by atoms with E-state index < -0.39 is 12.3 Å². The summed E-state index contributed by atoms with van der Waals surface area (Å²) < 4.78 is 52.0. The summed E-state index contributed by atoms with van der Waals surface area (Å²) in [5, 5.41) is 3.29. The van der Waals surface area contributed by atoms with Crippen LogP contribution in [-0.2, 0) is 4.79 Å². The molecule has 1 N–H and O–H groups in total. The molecule has 0 bridgehead atoms. The molecule has 6 nitrogen and oxygen atoms in total. The van der Waals surface area contributed by atoms with E-state index >= 15 is 0 Å². The fourth-order valence-corrected chi connectivity index (χ4v) is 3.50. The molecule has 1 heterocycles. The number of benzene rings is 2. The number of esters is 1. The first kappa shape index (κ1) is 27.8. The van der Waals surface area contributed by atoms with Gasteiger partial charge in [0.2, 0.25) is 0 Å². The first-order valence-corrected chi connectivity index (χ1v) is 9.43. The lowest BCUT2D eigenvalue weighted by molar-refractivity contribution is -0.274. The quantitative estimate of drug-likeness (QED) is 0.473. The van der Waals surface area contributed by atoms with Crippen LogP contribution in [0.15, 0.2) is 42.5 Å². The molecular formula is C21H25Cl2F3N2O4. The minimum Gasteiger partial charge on any atom is -0.493 e. The Morgan fingerprint density at radius 2 is 1.59 bits per heavy atom. The molecule has 1 aliphatic heterocycles. The van der Waals surface area contributed by atoms with Crippen LogP contribution in [0.25, 0.3) is 0 Å². The predicted octanol–water partition coefficient (Wildman–Crippen LogP) is 4.36. The highest BCUT2D eigenvalue weighted by Gasteiger charge is 2.31. The van der Waals surface area contributed by atoms with Crippen LogP contribution in [0.5, 0.6) is 17.2 Å². The maximum Gasteiger partial charge on any atom is 0.573 e. The van der Waals surface area contributed by atoms with Crippen LogP contribution < -0.4 is 19.5 Å². The van der Waals surface area contributed by atoms with Crippen LogP contribution in [0.3, 0.4) is 0 Å². The minimum atomic E-state index is -4.74. The molecule has 1 saturated heterocycles. The number of carbonyl (C=O) groups excluding carboxylic acids is 1. The molecule has 0 unspecified atom stereocenters. The van der Waals surface area contributed by atoms with E-state index in [4.69, 9.17) is 9.47 Å². The number of hydrogen-bond donors (Lipinski definition) is 1. The highest BCUT2D eigenvalue weighted by atomic mass is 35.5. The summed E-state index contributed by atoms with van der Waals surface area (Å²) >= 11 is 0. The lowest BCUT2D eigenvalue weighted by Gasteiger charge is -2.35. The van der Waals surface area contributed by atoms with Gasteiger partial charge < -0.3 is 19.5 Å². The zero-order chi connectivity index (χ0) is 21.7. The second-order valence-electron chi connectivity index (χ2n) is 6.81. The fourth-order valence-electron chi connectivity index (χ4n) is 3.50. The number of nitrogens with zero attached hydrogens (tertiary/aromatic N) is 1. The van der Waals surface area contributed by atoms with Crippen LogP contribution in [0.1, 0.15) is 24.1 Å². The molecule has 3 rings (SSSR count). The van der Waals surface area contributed by atoms with Gasteiger partial charge in [0.25, 0.3) is 0 Å². The third kappa shape index (κ3) is 7.44. The van der Waals surface area contributed by atoms with E-state index in [2.05, 4.69) is 15.0 Å². The van der Waals surface area contributed by atoms with Crippen molar-refractivity contribution in [1.82, 2.24) is 10.2 Å². The molecule has 1 atom stereocenters. The van der Waals surface area contributed by atoms with Gasteiger partial charge >= 0.3 is 12.3 Å². The Morgan fingerprint density at radius 1 is 1.00 bits per heavy atom. The van der Waals surface area contributed by atoms with E-state index in [0.717, 1.165) is 37.3 Å². The Kier molecular flexibility index (Phi) is 10.6. The second-order valence-corrected chi connectivity index (χ2v) is 6.81. The Bertz CT molecular complexity index is 876. The van der Waals surface area contributed by atoms with Gasteiger partial charge in [-0.25, -0.2) is 0 Å². The van der Waals surface area contributed by atoms with Crippen LogP contribution in [0.2, 0.25) is 0 Å². The average Bonchev–Trinajstić information content (AvgIpc) is 2.70. The van der Waals surface area contributed by atoms with Crippen molar-refractivity contribution < 1.29 is 32.2 Å². The van der Waals surface area contributed by atoms with E-state index in [0.29, 0.717) is 11.5 Å². The normalized spacial score (nSPS) is 15.0. The number of hydrogen-bond acceptors (Lipinski definition) is 6. The zero-order valence-corrected chi connectivity index (χ0v) is 19.1. The van der Waals surface area contributed by atoms with Crippen molar-refractivity contribution in [2.24, 2.45) is 0 Å². The van der Waals surface area contributed by atoms with Gasteiger partial charge in [0.15, 0.2) is 11.5 Å². The molecule has 0 aromatic heterocycles.